The van der Waals surface area contributed by atoms with E-state index in [2.05, 4.69) is 13.0 Å². The van der Waals surface area contributed by atoms with Crippen molar-refractivity contribution in [3.8, 4) is 6.07 Å². The van der Waals surface area contributed by atoms with Gasteiger partial charge in [-0.2, -0.15) is 5.26 Å². The van der Waals surface area contributed by atoms with Gasteiger partial charge in [-0.05, 0) is 44.4 Å². The number of carbonyl (C=O) groups excluding carboxylic acids is 2. The van der Waals surface area contributed by atoms with Crippen molar-refractivity contribution < 1.29 is 9.59 Å². The number of rotatable bonds is 4. The van der Waals surface area contributed by atoms with E-state index >= 15 is 0 Å². The second kappa shape index (κ2) is 5.79. The number of amides is 2. The number of imide groups is 1. The number of hydrogen-bond donors (Lipinski definition) is 0. The molecule has 2 amide bonds. The molecule has 1 aliphatic carbocycles. The van der Waals surface area contributed by atoms with Crippen LogP contribution >= 0.6 is 0 Å². The average molecular weight is 290 g/mol. The summed E-state index contributed by atoms with van der Waals surface area (Å²) in [4.78, 5) is 26.7. The minimum absolute atomic E-state index is 0.103. The monoisotopic (exact) mass is 290 g/mol. The fourth-order valence-electron chi connectivity index (χ4n) is 3.98. The van der Waals surface area contributed by atoms with Crippen molar-refractivity contribution in [2.24, 2.45) is 11.3 Å². The molecule has 0 aromatic heterocycles. The number of nitriles is 1. The van der Waals surface area contributed by atoms with Crippen LogP contribution in [0.25, 0.3) is 0 Å². The molecular formula is C17H26N2O2. The Hall–Kier alpha value is -1.37. The number of nitrogens with zero attached hydrogens (tertiary/aromatic N) is 2. The highest BCUT2D eigenvalue weighted by Gasteiger charge is 2.57. The molecule has 0 aromatic rings. The molecule has 0 radical (unpaired) electrons. The van der Waals surface area contributed by atoms with Gasteiger partial charge in [0, 0.05) is 6.42 Å². The van der Waals surface area contributed by atoms with E-state index in [0.29, 0.717) is 31.6 Å². The molecule has 1 heterocycles. The van der Waals surface area contributed by atoms with Crippen LogP contribution in [-0.4, -0.2) is 22.3 Å². The molecule has 4 heteroatoms. The van der Waals surface area contributed by atoms with Crippen molar-refractivity contribution in [1.82, 2.24) is 4.90 Å². The molecule has 0 bridgehead atoms. The van der Waals surface area contributed by atoms with E-state index in [0.717, 1.165) is 19.3 Å². The summed E-state index contributed by atoms with van der Waals surface area (Å²) in [6.45, 7) is 6.09. The van der Waals surface area contributed by atoms with Crippen LogP contribution in [-0.2, 0) is 9.59 Å². The molecule has 0 N–H and O–H groups in total. The van der Waals surface area contributed by atoms with Crippen molar-refractivity contribution in [1.29, 1.82) is 5.26 Å². The summed E-state index contributed by atoms with van der Waals surface area (Å²) in [5.41, 5.74) is -1.45. The van der Waals surface area contributed by atoms with Gasteiger partial charge in [-0.15, -0.1) is 0 Å². The largest absolute Gasteiger partial charge is 0.274 e. The van der Waals surface area contributed by atoms with Gasteiger partial charge in [0.25, 0.3) is 0 Å². The average Bonchev–Trinajstić information content (AvgIpc) is 2.79. The topological polar surface area (TPSA) is 61.2 Å². The highest BCUT2D eigenvalue weighted by atomic mass is 16.2. The van der Waals surface area contributed by atoms with Crippen LogP contribution in [0.1, 0.15) is 72.1 Å². The van der Waals surface area contributed by atoms with Crippen LogP contribution in [0, 0.1) is 22.7 Å². The minimum atomic E-state index is -0.883. The molecule has 1 aliphatic heterocycles. The van der Waals surface area contributed by atoms with Crippen LogP contribution in [0.15, 0.2) is 0 Å². The lowest BCUT2D eigenvalue weighted by atomic mass is 9.75. The first-order chi connectivity index (χ1) is 9.98. The highest BCUT2D eigenvalue weighted by Crippen LogP contribution is 2.46. The molecular weight excluding hydrogens is 264 g/mol. The van der Waals surface area contributed by atoms with E-state index in [9.17, 15) is 14.9 Å². The number of hydrogen-bond acceptors (Lipinski definition) is 3. The summed E-state index contributed by atoms with van der Waals surface area (Å²) in [6, 6.07) is 2.34. The Balaban J connectivity index is 2.30. The Morgan fingerprint density at radius 2 is 1.76 bits per heavy atom. The SMILES string of the molecule is CCC1CCC(C#N)(N2C(=O)CC(CC)(CC)C2=O)CC1. The zero-order valence-corrected chi connectivity index (χ0v) is 13.4. The molecule has 2 rings (SSSR count). The van der Waals surface area contributed by atoms with Crippen molar-refractivity contribution in [2.75, 3.05) is 0 Å². The van der Waals surface area contributed by atoms with Gasteiger partial charge in [-0.1, -0.05) is 27.2 Å². The molecule has 4 nitrogen and oxygen atoms in total. The maximum atomic E-state index is 12.9. The van der Waals surface area contributed by atoms with E-state index in [4.69, 9.17) is 0 Å². The zero-order chi connectivity index (χ0) is 15.7. The Morgan fingerprint density at radius 1 is 1.19 bits per heavy atom. The smallest absolute Gasteiger partial charge is 0.237 e. The molecule has 2 fully saturated rings. The van der Waals surface area contributed by atoms with E-state index < -0.39 is 11.0 Å². The van der Waals surface area contributed by atoms with E-state index in [1.165, 1.54) is 4.90 Å². The van der Waals surface area contributed by atoms with Gasteiger partial charge in [-0.3, -0.25) is 14.5 Å². The molecule has 2 aliphatic rings. The predicted octanol–water partition coefficient (Wildman–Crippen LogP) is 3.41. The fourth-order valence-corrected chi connectivity index (χ4v) is 3.98. The van der Waals surface area contributed by atoms with Crippen LogP contribution in [0.3, 0.4) is 0 Å². The number of likely N-dealkylation sites (tertiary alicyclic amines) is 1. The Bertz CT molecular complexity index is 466. The lowest BCUT2D eigenvalue weighted by Gasteiger charge is -2.41. The Labute approximate surface area is 127 Å². The van der Waals surface area contributed by atoms with Crippen molar-refractivity contribution >= 4 is 11.8 Å². The second-order valence-corrected chi connectivity index (χ2v) is 6.69. The first kappa shape index (κ1) is 16.0. The molecule has 116 valence electrons. The molecule has 21 heavy (non-hydrogen) atoms. The van der Waals surface area contributed by atoms with Crippen LogP contribution in [0.2, 0.25) is 0 Å². The van der Waals surface area contributed by atoms with E-state index in [1.807, 2.05) is 13.8 Å². The van der Waals surface area contributed by atoms with Crippen molar-refractivity contribution in [3.63, 3.8) is 0 Å². The summed E-state index contributed by atoms with van der Waals surface area (Å²) in [7, 11) is 0. The molecule has 0 spiro atoms. The predicted molar refractivity (Wildman–Crippen MR) is 80.1 cm³/mol. The summed E-state index contributed by atoms with van der Waals surface area (Å²) >= 11 is 0. The van der Waals surface area contributed by atoms with Crippen molar-refractivity contribution in [3.05, 3.63) is 0 Å². The van der Waals surface area contributed by atoms with Gasteiger partial charge in [0.2, 0.25) is 11.8 Å². The molecule has 0 aromatic carbocycles. The number of carbonyl (C=O) groups is 2. The normalized spacial score (nSPS) is 32.3. The summed E-state index contributed by atoms with van der Waals surface area (Å²) < 4.78 is 0. The van der Waals surface area contributed by atoms with Gasteiger partial charge in [0.1, 0.15) is 5.54 Å². The standard InChI is InChI=1S/C17H26N2O2/c1-4-13-7-9-17(12-18,10-8-13)19-14(20)11-16(5-2,6-3)15(19)21/h13H,4-11H2,1-3H3. The minimum Gasteiger partial charge on any atom is -0.274 e. The van der Waals surface area contributed by atoms with E-state index in [1.54, 1.807) is 0 Å². The molecule has 1 saturated heterocycles. The maximum absolute atomic E-state index is 12.9. The second-order valence-electron chi connectivity index (χ2n) is 6.69. The maximum Gasteiger partial charge on any atom is 0.237 e. The van der Waals surface area contributed by atoms with Crippen molar-refractivity contribution in [2.45, 2.75) is 77.7 Å². The highest BCUT2D eigenvalue weighted by molar-refractivity contribution is 6.07. The molecule has 0 atom stereocenters. The van der Waals surface area contributed by atoms with Gasteiger partial charge in [0.15, 0.2) is 0 Å². The first-order valence-electron chi connectivity index (χ1n) is 8.27. The molecule has 0 unspecified atom stereocenters. The quantitative estimate of drug-likeness (QED) is 0.745. The third-order valence-electron chi connectivity index (χ3n) is 5.90. The van der Waals surface area contributed by atoms with Gasteiger partial charge in [0.05, 0.1) is 11.5 Å². The van der Waals surface area contributed by atoms with Crippen LogP contribution in [0.5, 0.6) is 0 Å². The Kier molecular flexibility index (Phi) is 4.41. The summed E-state index contributed by atoms with van der Waals surface area (Å²) in [5.74, 6) is 0.385. The fraction of sp³-hybridized carbons (Fsp3) is 0.824. The summed E-state index contributed by atoms with van der Waals surface area (Å²) in [6.07, 6.45) is 5.88. The lowest BCUT2D eigenvalue weighted by molar-refractivity contribution is -0.148. The first-order valence-corrected chi connectivity index (χ1v) is 8.27. The molecule has 1 saturated carbocycles. The van der Waals surface area contributed by atoms with Crippen LogP contribution in [0.4, 0.5) is 0 Å². The van der Waals surface area contributed by atoms with Gasteiger partial charge < -0.3 is 0 Å². The lowest BCUT2D eigenvalue weighted by Crippen LogP contribution is -2.54. The van der Waals surface area contributed by atoms with Gasteiger partial charge in [-0.25, -0.2) is 0 Å². The van der Waals surface area contributed by atoms with E-state index in [-0.39, 0.29) is 18.2 Å². The van der Waals surface area contributed by atoms with Gasteiger partial charge >= 0.3 is 0 Å². The third kappa shape index (κ3) is 2.37. The van der Waals surface area contributed by atoms with Crippen LogP contribution < -0.4 is 0 Å². The zero-order valence-electron chi connectivity index (χ0n) is 13.4. The summed E-state index contributed by atoms with van der Waals surface area (Å²) in [5, 5.41) is 9.72. The third-order valence-corrected chi connectivity index (χ3v) is 5.90. The Morgan fingerprint density at radius 3 is 2.14 bits per heavy atom.